The molecule has 10 heteroatoms. The van der Waals surface area contributed by atoms with E-state index in [4.69, 9.17) is 0 Å². The number of hydrogen-bond acceptors (Lipinski definition) is 2. The maximum atomic E-state index is 13.4. The zero-order valence-electron chi connectivity index (χ0n) is 9.54. The Morgan fingerprint density at radius 1 is 0.952 bits per heavy atom. The molecule has 0 bridgehead atoms. The predicted molar refractivity (Wildman–Crippen MR) is 73.9 cm³/mol. The summed E-state index contributed by atoms with van der Waals surface area (Å²) < 4.78 is 66.6. The van der Waals surface area contributed by atoms with E-state index in [2.05, 4.69) is 31.9 Å². The summed E-state index contributed by atoms with van der Waals surface area (Å²) in [6.07, 6.45) is 0. The van der Waals surface area contributed by atoms with Crippen molar-refractivity contribution >= 4 is 54.8 Å². The smallest absolute Gasteiger partial charge is 0.257 e. The minimum Gasteiger partial charge on any atom is -0.317 e. The van der Waals surface area contributed by atoms with Gasteiger partial charge in [-0.2, -0.15) is 0 Å². The molecule has 2 nitrogen and oxygen atoms in total. The quantitative estimate of drug-likeness (QED) is 0.379. The van der Waals surface area contributed by atoms with Gasteiger partial charge < -0.3 is 5.32 Å². The number of carbonyl (C=O) groups is 1. The largest absolute Gasteiger partial charge is 0.317 e. The van der Waals surface area contributed by atoms with Gasteiger partial charge in [-0.1, -0.05) is 0 Å². The van der Waals surface area contributed by atoms with Crippen molar-refractivity contribution in [1.29, 1.82) is 0 Å². The highest BCUT2D eigenvalue weighted by molar-refractivity contribution is 9.12. The fourth-order valence-electron chi connectivity index (χ4n) is 1.39. The van der Waals surface area contributed by atoms with Gasteiger partial charge in [-0.15, -0.1) is 11.3 Å². The fourth-order valence-corrected chi connectivity index (χ4v) is 4.18. The average molecular weight is 451 g/mol. The van der Waals surface area contributed by atoms with E-state index in [1.807, 2.05) is 0 Å². The first-order chi connectivity index (χ1) is 9.73. The molecule has 0 saturated heterocycles. The second-order valence-electron chi connectivity index (χ2n) is 3.64. The lowest BCUT2D eigenvalue weighted by molar-refractivity contribution is 0.102. The third-order valence-corrected chi connectivity index (χ3v) is 4.69. The SMILES string of the molecule is O=C(Nc1c(F)c(F)c(F)c(F)c1F)c1cc(Br)sc1Br. The molecule has 0 radical (unpaired) electrons. The lowest BCUT2D eigenvalue weighted by Gasteiger charge is -2.09. The van der Waals surface area contributed by atoms with Crippen LogP contribution in [0, 0.1) is 29.1 Å². The highest BCUT2D eigenvalue weighted by atomic mass is 79.9. The van der Waals surface area contributed by atoms with Crippen LogP contribution < -0.4 is 5.32 Å². The highest BCUT2D eigenvalue weighted by Gasteiger charge is 2.27. The van der Waals surface area contributed by atoms with Gasteiger partial charge in [0.25, 0.3) is 5.91 Å². The number of anilines is 1. The zero-order valence-corrected chi connectivity index (χ0v) is 13.5. The van der Waals surface area contributed by atoms with E-state index in [0.717, 1.165) is 11.3 Å². The van der Waals surface area contributed by atoms with Gasteiger partial charge >= 0.3 is 0 Å². The number of halogens is 7. The normalized spacial score (nSPS) is 10.8. The molecule has 0 unspecified atom stereocenters. The Labute approximate surface area is 135 Å². The lowest BCUT2D eigenvalue weighted by atomic mass is 10.2. The van der Waals surface area contributed by atoms with E-state index in [1.165, 1.54) is 6.07 Å². The summed E-state index contributed by atoms with van der Waals surface area (Å²) in [6.45, 7) is 0. The van der Waals surface area contributed by atoms with E-state index in [-0.39, 0.29) is 5.56 Å². The van der Waals surface area contributed by atoms with Crippen molar-refractivity contribution in [2.45, 2.75) is 0 Å². The summed E-state index contributed by atoms with van der Waals surface area (Å²) in [6, 6.07) is 1.33. The molecule has 0 aliphatic heterocycles. The third kappa shape index (κ3) is 2.97. The number of amides is 1. The van der Waals surface area contributed by atoms with Gasteiger partial charge in [0.15, 0.2) is 23.3 Å². The van der Waals surface area contributed by atoms with Crippen LogP contribution >= 0.6 is 43.2 Å². The Morgan fingerprint density at radius 3 is 1.86 bits per heavy atom. The molecule has 0 saturated carbocycles. The summed E-state index contributed by atoms with van der Waals surface area (Å²) in [5.41, 5.74) is -1.42. The van der Waals surface area contributed by atoms with Gasteiger partial charge in [0.1, 0.15) is 5.69 Å². The molecule has 2 rings (SSSR count). The zero-order chi connectivity index (χ0) is 15.9. The summed E-state index contributed by atoms with van der Waals surface area (Å²) in [4.78, 5) is 11.8. The molecule has 1 aromatic heterocycles. The fraction of sp³-hybridized carbons (Fsp3) is 0. The molecule has 2 aromatic rings. The van der Waals surface area contributed by atoms with Crippen LogP contribution in [-0.2, 0) is 0 Å². The van der Waals surface area contributed by atoms with Gasteiger partial charge in [0.2, 0.25) is 5.82 Å². The lowest BCUT2D eigenvalue weighted by Crippen LogP contribution is -2.16. The van der Waals surface area contributed by atoms with Crippen LogP contribution in [0.5, 0.6) is 0 Å². The number of carbonyl (C=O) groups excluding carboxylic acids is 1. The molecule has 21 heavy (non-hydrogen) atoms. The van der Waals surface area contributed by atoms with E-state index < -0.39 is 40.7 Å². The Balaban J connectivity index is 2.45. The Hall–Kier alpha value is -1.00. The minimum absolute atomic E-state index is 0.0178. The van der Waals surface area contributed by atoms with Gasteiger partial charge in [0.05, 0.1) is 13.1 Å². The molecule has 1 heterocycles. The summed E-state index contributed by atoms with van der Waals surface area (Å²) in [5, 5.41) is 1.68. The van der Waals surface area contributed by atoms with Crippen molar-refractivity contribution in [1.82, 2.24) is 0 Å². The average Bonchev–Trinajstić information content (AvgIpc) is 2.78. The molecule has 0 aliphatic carbocycles. The molecule has 0 fully saturated rings. The summed E-state index contributed by atoms with van der Waals surface area (Å²) in [7, 11) is 0. The van der Waals surface area contributed by atoms with E-state index >= 15 is 0 Å². The molecular formula is C11H2Br2F5NOS. The van der Waals surface area contributed by atoms with Gasteiger partial charge in [0, 0.05) is 0 Å². The number of hydrogen-bond donors (Lipinski definition) is 1. The summed E-state index contributed by atoms with van der Waals surface area (Å²) >= 11 is 7.23. The van der Waals surface area contributed by atoms with Crippen molar-refractivity contribution in [2.75, 3.05) is 5.32 Å². The van der Waals surface area contributed by atoms with Crippen LogP contribution in [0.2, 0.25) is 0 Å². The first-order valence-corrected chi connectivity index (χ1v) is 7.42. The number of rotatable bonds is 2. The Kier molecular flexibility index (Phi) is 4.69. The third-order valence-electron chi connectivity index (χ3n) is 2.35. The monoisotopic (exact) mass is 449 g/mol. The van der Waals surface area contributed by atoms with Crippen molar-refractivity contribution in [2.24, 2.45) is 0 Å². The van der Waals surface area contributed by atoms with Crippen LogP contribution in [0.1, 0.15) is 10.4 Å². The topological polar surface area (TPSA) is 29.1 Å². The van der Waals surface area contributed by atoms with Crippen molar-refractivity contribution in [3.05, 3.63) is 48.3 Å². The van der Waals surface area contributed by atoms with Gasteiger partial charge in [-0.3, -0.25) is 4.79 Å². The van der Waals surface area contributed by atoms with E-state index in [1.54, 1.807) is 5.32 Å². The maximum absolute atomic E-state index is 13.4. The first-order valence-electron chi connectivity index (χ1n) is 5.01. The van der Waals surface area contributed by atoms with Crippen LogP contribution in [0.25, 0.3) is 0 Å². The molecule has 1 amide bonds. The molecule has 0 atom stereocenters. The Morgan fingerprint density at radius 2 is 1.43 bits per heavy atom. The van der Waals surface area contributed by atoms with E-state index in [0.29, 0.717) is 7.57 Å². The Bertz CT molecular complexity index is 720. The second kappa shape index (κ2) is 6.01. The van der Waals surface area contributed by atoms with Gasteiger partial charge in [-0.05, 0) is 37.9 Å². The number of nitrogens with one attached hydrogen (secondary N) is 1. The molecule has 1 N–H and O–H groups in total. The van der Waals surface area contributed by atoms with Crippen LogP contribution in [-0.4, -0.2) is 5.91 Å². The number of benzene rings is 1. The standard InChI is InChI=1S/C11H2Br2F5NOS/c12-3-1-2(10(13)21-3)11(20)19-9-7(17)5(15)4(14)6(16)8(9)18/h1H,(H,19,20). The predicted octanol–water partition coefficient (Wildman–Crippen LogP) is 5.22. The number of thiophene rings is 1. The van der Waals surface area contributed by atoms with Crippen LogP contribution in [0.15, 0.2) is 13.6 Å². The highest BCUT2D eigenvalue weighted by Crippen LogP contribution is 2.33. The second-order valence-corrected chi connectivity index (χ2v) is 7.39. The van der Waals surface area contributed by atoms with Crippen LogP contribution in [0.3, 0.4) is 0 Å². The molecule has 112 valence electrons. The van der Waals surface area contributed by atoms with Gasteiger partial charge in [-0.25, -0.2) is 22.0 Å². The molecule has 0 spiro atoms. The molecule has 0 aliphatic rings. The van der Waals surface area contributed by atoms with E-state index in [9.17, 15) is 26.7 Å². The van der Waals surface area contributed by atoms with Crippen molar-refractivity contribution in [3.8, 4) is 0 Å². The minimum atomic E-state index is -2.29. The maximum Gasteiger partial charge on any atom is 0.257 e. The van der Waals surface area contributed by atoms with Crippen molar-refractivity contribution < 1.29 is 26.7 Å². The molecule has 1 aromatic carbocycles. The first kappa shape index (κ1) is 16.4. The van der Waals surface area contributed by atoms with Crippen molar-refractivity contribution in [3.63, 3.8) is 0 Å². The van der Waals surface area contributed by atoms with Crippen LogP contribution in [0.4, 0.5) is 27.6 Å². The molecular weight excluding hydrogens is 449 g/mol. The summed E-state index contributed by atoms with van der Waals surface area (Å²) in [5.74, 6) is -11.8.